The third-order valence-corrected chi connectivity index (χ3v) is 4.40. The zero-order valence-corrected chi connectivity index (χ0v) is 14.8. The van der Waals surface area contributed by atoms with E-state index in [2.05, 4.69) is 16.7 Å². The number of allylic oxidation sites excluding steroid dienone is 1. The Morgan fingerprint density at radius 2 is 1.91 bits per heavy atom. The molecule has 0 spiro atoms. The van der Waals surface area contributed by atoms with Crippen LogP contribution in [-0.2, 0) is 4.79 Å². The third kappa shape index (κ3) is 6.24. The van der Waals surface area contributed by atoms with Gasteiger partial charge >= 0.3 is 6.03 Å². The summed E-state index contributed by atoms with van der Waals surface area (Å²) in [6, 6.07) is 0.194. The molecule has 5 nitrogen and oxygen atoms in total. The number of nitrogens with zero attached hydrogens (tertiary/aromatic N) is 1. The first-order valence-electron chi connectivity index (χ1n) is 8.88. The van der Waals surface area contributed by atoms with Gasteiger partial charge in [-0.15, -0.1) is 0 Å². The maximum Gasteiger partial charge on any atom is 0.317 e. The van der Waals surface area contributed by atoms with Crippen LogP contribution in [-0.4, -0.2) is 41.5 Å². The highest BCUT2D eigenvalue weighted by molar-refractivity contribution is 5.79. The fourth-order valence-corrected chi connectivity index (χ4v) is 3.18. The Balaban J connectivity index is 1.71. The second-order valence-corrected chi connectivity index (χ2v) is 7.79. The van der Waals surface area contributed by atoms with Crippen molar-refractivity contribution in [3.63, 3.8) is 0 Å². The minimum Gasteiger partial charge on any atom is -0.353 e. The predicted molar refractivity (Wildman–Crippen MR) is 92.2 cm³/mol. The lowest BCUT2D eigenvalue weighted by Gasteiger charge is -2.34. The zero-order chi connectivity index (χ0) is 16.9. The van der Waals surface area contributed by atoms with Crippen molar-refractivity contribution >= 4 is 11.9 Å². The van der Waals surface area contributed by atoms with Crippen molar-refractivity contribution in [2.24, 2.45) is 0 Å². The van der Waals surface area contributed by atoms with E-state index in [0.717, 1.165) is 25.7 Å². The Morgan fingerprint density at radius 1 is 1.22 bits per heavy atom. The van der Waals surface area contributed by atoms with Crippen LogP contribution in [0.4, 0.5) is 4.79 Å². The number of rotatable bonds is 3. The molecule has 1 aliphatic heterocycles. The Hall–Kier alpha value is -1.52. The maximum absolute atomic E-state index is 12.1. The molecule has 130 valence electrons. The largest absolute Gasteiger partial charge is 0.353 e. The highest BCUT2D eigenvalue weighted by Gasteiger charge is 2.26. The lowest BCUT2D eigenvalue weighted by molar-refractivity contribution is -0.121. The molecule has 2 rings (SSSR count). The number of amides is 3. The molecular formula is C18H31N3O2. The molecule has 1 fully saturated rings. The molecular weight excluding hydrogens is 290 g/mol. The van der Waals surface area contributed by atoms with E-state index < -0.39 is 0 Å². The molecule has 0 aromatic carbocycles. The molecule has 0 aromatic heterocycles. The highest BCUT2D eigenvalue weighted by atomic mass is 16.2. The molecule has 2 aliphatic rings. The van der Waals surface area contributed by atoms with Crippen molar-refractivity contribution in [1.82, 2.24) is 15.5 Å². The van der Waals surface area contributed by atoms with Gasteiger partial charge in [0.1, 0.15) is 0 Å². The summed E-state index contributed by atoms with van der Waals surface area (Å²) in [4.78, 5) is 26.1. The number of piperidine rings is 1. The van der Waals surface area contributed by atoms with Crippen molar-refractivity contribution < 1.29 is 9.59 Å². The van der Waals surface area contributed by atoms with Crippen molar-refractivity contribution in [2.45, 2.75) is 77.3 Å². The number of carbonyl (C=O) groups is 2. The van der Waals surface area contributed by atoms with E-state index in [0.29, 0.717) is 19.5 Å². The van der Waals surface area contributed by atoms with Gasteiger partial charge in [-0.2, -0.15) is 0 Å². The van der Waals surface area contributed by atoms with Gasteiger partial charge in [-0.3, -0.25) is 4.79 Å². The first kappa shape index (κ1) is 17.8. The normalized spacial score (nSPS) is 20.0. The predicted octanol–water partition coefficient (Wildman–Crippen LogP) is 2.97. The number of hydrogen-bond acceptors (Lipinski definition) is 2. The summed E-state index contributed by atoms with van der Waals surface area (Å²) in [5.41, 5.74) is 1.08. The average molecular weight is 321 g/mol. The summed E-state index contributed by atoms with van der Waals surface area (Å²) in [6.07, 6.45) is 9.08. The molecule has 1 saturated heterocycles. The van der Waals surface area contributed by atoms with Crippen LogP contribution < -0.4 is 10.6 Å². The summed E-state index contributed by atoms with van der Waals surface area (Å²) in [7, 11) is 0. The molecule has 0 radical (unpaired) electrons. The number of hydrogen-bond donors (Lipinski definition) is 2. The molecule has 3 amide bonds. The molecule has 0 saturated carbocycles. The van der Waals surface area contributed by atoms with Gasteiger partial charge in [0.25, 0.3) is 0 Å². The highest BCUT2D eigenvalue weighted by Crippen LogP contribution is 2.20. The number of likely N-dealkylation sites (tertiary alicyclic amines) is 1. The zero-order valence-electron chi connectivity index (χ0n) is 14.8. The monoisotopic (exact) mass is 321 g/mol. The Morgan fingerprint density at radius 3 is 2.48 bits per heavy atom. The van der Waals surface area contributed by atoms with Gasteiger partial charge in [-0.05, 0) is 59.3 Å². The van der Waals surface area contributed by atoms with Gasteiger partial charge in [0.15, 0.2) is 0 Å². The second-order valence-electron chi connectivity index (χ2n) is 7.79. The lowest BCUT2D eigenvalue weighted by atomic mass is 9.96. The fraction of sp³-hybridized carbons (Fsp3) is 0.778. The van der Waals surface area contributed by atoms with Gasteiger partial charge in [0, 0.05) is 31.1 Å². The first-order valence-corrected chi connectivity index (χ1v) is 8.88. The van der Waals surface area contributed by atoms with E-state index in [1.807, 2.05) is 25.7 Å². The van der Waals surface area contributed by atoms with E-state index in [1.165, 1.54) is 18.4 Å². The standard InChI is InChI=1S/C18H31N3O2/c1-18(2,3)20-17(23)21-11-9-15(10-12-21)19-16(22)13-14-7-5-4-6-8-14/h7,15H,4-6,8-13H2,1-3H3,(H,19,22)(H,20,23). The molecule has 0 atom stereocenters. The van der Waals surface area contributed by atoms with Crippen LogP contribution in [0, 0.1) is 0 Å². The van der Waals surface area contributed by atoms with E-state index in [1.54, 1.807) is 0 Å². The van der Waals surface area contributed by atoms with Crippen molar-refractivity contribution in [1.29, 1.82) is 0 Å². The van der Waals surface area contributed by atoms with Gasteiger partial charge in [0.05, 0.1) is 0 Å². The summed E-state index contributed by atoms with van der Waals surface area (Å²) >= 11 is 0. The maximum atomic E-state index is 12.1. The van der Waals surface area contributed by atoms with Crippen LogP contribution in [0.2, 0.25) is 0 Å². The van der Waals surface area contributed by atoms with E-state index in [-0.39, 0.29) is 23.5 Å². The number of carbonyl (C=O) groups excluding carboxylic acids is 2. The van der Waals surface area contributed by atoms with Gasteiger partial charge in [-0.1, -0.05) is 11.6 Å². The summed E-state index contributed by atoms with van der Waals surface area (Å²) in [5, 5.41) is 6.13. The van der Waals surface area contributed by atoms with Gasteiger partial charge in [0.2, 0.25) is 5.91 Å². The third-order valence-electron chi connectivity index (χ3n) is 4.40. The number of urea groups is 1. The molecule has 1 aliphatic carbocycles. The number of nitrogens with one attached hydrogen (secondary N) is 2. The molecule has 0 unspecified atom stereocenters. The summed E-state index contributed by atoms with van der Waals surface area (Å²) in [6.45, 7) is 7.36. The van der Waals surface area contributed by atoms with Crippen molar-refractivity contribution in [3.05, 3.63) is 11.6 Å². The minimum atomic E-state index is -0.212. The SMILES string of the molecule is CC(C)(C)NC(=O)N1CCC(NC(=O)CC2=CCCCC2)CC1. The fourth-order valence-electron chi connectivity index (χ4n) is 3.18. The van der Waals surface area contributed by atoms with Crippen LogP contribution in [0.5, 0.6) is 0 Å². The summed E-state index contributed by atoms with van der Waals surface area (Å²) in [5.74, 6) is 0.135. The first-order chi connectivity index (χ1) is 10.8. The van der Waals surface area contributed by atoms with Crippen LogP contribution in [0.3, 0.4) is 0 Å². The van der Waals surface area contributed by atoms with Gasteiger partial charge in [-0.25, -0.2) is 4.79 Å². The topological polar surface area (TPSA) is 61.4 Å². The average Bonchev–Trinajstić information content (AvgIpc) is 2.47. The quantitative estimate of drug-likeness (QED) is 0.785. The van der Waals surface area contributed by atoms with Gasteiger partial charge < -0.3 is 15.5 Å². The lowest BCUT2D eigenvalue weighted by Crippen LogP contribution is -2.53. The molecule has 1 heterocycles. The van der Waals surface area contributed by atoms with Crippen LogP contribution in [0.1, 0.15) is 65.7 Å². The van der Waals surface area contributed by atoms with Crippen molar-refractivity contribution in [2.75, 3.05) is 13.1 Å². The van der Waals surface area contributed by atoms with Crippen LogP contribution >= 0.6 is 0 Å². The van der Waals surface area contributed by atoms with E-state index in [4.69, 9.17) is 0 Å². The summed E-state index contributed by atoms with van der Waals surface area (Å²) < 4.78 is 0. The van der Waals surface area contributed by atoms with E-state index in [9.17, 15) is 9.59 Å². The second kappa shape index (κ2) is 7.84. The van der Waals surface area contributed by atoms with Crippen LogP contribution in [0.15, 0.2) is 11.6 Å². The minimum absolute atomic E-state index is 0.00497. The van der Waals surface area contributed by atoms with Crippen molar-refractivity contribution in [3.8, 4) is 0 Å². The Labute approximate surface area is 139 Å². The molecule has 0 aromatic rings. The Kier molecular flexibility index (Phi) is 6.08. The molecule has 2 N–H and O–H groups in total. The molecule has 0 bridgehead atoms. The van der Waals surface area contributed by atoms with Crippen LogP contribution in [0.25, 0.3) is 0 Å². The molecule has 5 heteroatoms. The molecule has 23 heavy (non-hydrogen) atoms. The Bertz CT molecular complexity index is 457. The smallest absolute Gasteiger partial charge is 0.317 e. The van der Waals surface area contributed by atoms with E-state index >= 15 is 0 Å².